The van der Waals surface area contributed by atoms with Gasteiger partial charge in [0.05, 0.1) is 11.5 Å². The molecule has 4 heteroatoms. The van der Waals surface area contributed by atoms with Crippen LogP contribution in [0.2, 0.25) is 0 Å². The van der Waals surface area contributed by atoms with E-state index in [1.54, 1.807) is 17.0 Å². The van der Waals surface area contributed by atoms with E-state index in [4.69, 9.17) is 0 Å². The molecule has 0 bridgehead atoms. The summed E-state index contributed by atoms with van der Waals surface area (Å²) in [5.74, 6) is 0.421. The van der Waals surface area contributed by atoms with Gasteiger partial charge in [0.25, 0.3) is 0 Å². The van der Waals surface area contributed by atoms with Gasteiger partial charge in [-0.3, -0.25) is 4.79 Å². The molecule has 116 valence electrons. The molecule has 0 saturated carbocycles. The van der Waals surface area contributed by atoms with Gasteiger partial charge in [0.1, 0.15) is 5.75 Å². The maximum Gasteiger partial charge on any atom is 0.230 e. The van der Waals surface area contributed by atoms with Gasteiger partial charge in [-0.2, -0.15) is 0 Å². The van der Waals surface area contributed by atoms with Crippen molar-refractivity contribution in [2.75, 3.05) is 20.1 Å². The molecule has 0 aliphatic carbocycles. The Morgan fingerprint density at radius 3 is 2.76 bits per heavy atom. The van der Waals surface area contributed by atoms with Crippen LogP contribution < -0.4 is 5.32 Å². The molecule has 0 radical (unpaired) electrons. The van der Waals surface area contributed by atoms with Crippen molar-refractivity contribution in [2.24, 2.45) is 5.41 Å². The van der Waals surface area contributed by atoms with E-state index in [0.29, 0.717) is 0 Å². The van der Waals surface area contributed by atoms with Crippen molar-refractivity contribution in [3.63, 3.8) is 0 Å². The van der Waals surface area contributed by atoms with E-state index >= 15 is 0 Å². The predicted octanol–water partition coefficient (Wildman–Crippen LogP) is 2.69. The largest absolute Gasteiger partial charge is 0.508 e. The highest BCUT2D eigenvalue weighted by molar-refractivity contribution is 5.83. The van der Waals surface area contributed by atoms with Crippen LogP contribution in [0.4, 0.5) is 0 Å². The highest BCUT2D eigenvalue weighted by Crippen LogP contribution is 2.35. The van der Waals surface area contributed by atoms with E-state index in [2.05, 4.69) is 12.2 Å². The minimum absolute atomic E-state index is 0.135. The second-order valence-corrected chi connectivity index (χ2v) is 6.07. The quantitative estimate of drug-likeness (QED) is 0.896. The lowest BCUT2D eigenvalue weighted by Gasteiger charge is -2.40. The number of benzene rings is 1. The molecule has 0 spiro atoms. The average Bonchev–Trinajstić information content (AvgIpc) is 2.54. The maximum atomic E-state index is 13.0. The first-order valence-electron chi connectivity index (χ1n) is 7.77. The van der Waals surface area contributed by atoms with Crippen molar-refractivity contribution >= 4 is 5.91 Å². The molecular weight excluding hydrogens is 264 g/mol. The number of piperidine rings is 1. The third-order valence-corrected chi connectivity index (χ3v) is 4.89. The van der Waals surface area contributed by atoms with Crippen LogP contribution in [0, 0.1) is 5.41 Å². The summed E-state index contributed by atoms with van der Waals surface area (Å²) >= 11 is 0. The zero-order chi connectivity index (χ0) is 15.5. The molecule has 1 saturated heterocycles. The molecule has 1 amide bonds. The lowest BCUT2D eigenvalue weighted by molar-refractivity contribution is -0.144. The van der Waals surface area contributed by atoms with Crippen molar-refractivity contribution in [3.8, 4) is 5.75 Å². The van der Waals surface area contributed by atoms with Crippen molar-refractivity contribution in [2.45, 2.75) is 39.2 Å². The molecule has 0 aromatic heterocycles. The third-order valence-electron chi connectivity index (χ3n) is 4.89. The van der Waals surface area contributed by atoms with Crippen LogP contribution >= 0.6 is 0 Å². The van der Waals surface area contributed by atoms with Gasteiger partial charge in [0.2, 0.25) is 5.91 Å². The van der Waals surface area contributed by atoms with E-state index in [1.807, 2.05) is 26.1 Å². The van der Waals surface area contributed by atoms with Gasteiger partial charge >= 0.3 is 0 Å². The Labute approximate surface area is 127 Å². The second kappa shape index (κ2) is 6.48. The molecule has 2 N–H and O–H groups in total. The molecule has 2 unspecified atom stereocenters. The number of para-hydroxylation sites is 1. The monoisotopic (exact) mass is 290 g/mol. The van der Waals surface area contributed by atoms with Gasteiger partial charge in [-0.15, -0.1) is 0 Å². The van der Waals surface area contributed by atoms with Crippen LogP contribution in [-0.2, 0) is 4.79 Å². The number of hydrogen-bond donors (Lipinski definition) is 2. The highest BCUT2D eigenvalue weighted by atomic mass is 16.3. The zero-order valence-corrected chi connectivity index (χ0v) is 13.2. The number of hydrogen-bond acceptors (Lipinski definition) is 3. The summed E-state index contributed by atoms with van der Waals surface area (Å²) in [4.78, 5) is 14.8. The van der Waals surface area contributed by atoms with Crippen LogP contribution in [0.25, 0.3) is 0 Å². The molecule has 1 aromatic carbocycles. The number of phenols is 1. The lowest BCUT2D eigenvalue weighted by atomic mass is 9.76. The summed E-state index contributed by atoms with van der Waals surface area (Å²) in [7, 11) is 1.84. The Hall–Kier alpha value is -1.55. The predicted molar refractivity (Wildman–Crippen MR) is 84.1 cm³/mol. The van der Waals surface area contributed by atoms with Crippen molar-refractivity contribution in [3.05, 3.63) is 29.8 Å². The molecule has 2 rings (SSSR count). The topological polar surface area (TPSA) is 52.6 Å². The number of aromatic hydroxyl groups is 1. The summed E-state index contributed by atoms with van der Waals surface area (Å²) in [6.07, 6.45) is 2.82. The number of nitrogens with zero attached hydrogens (tertiary/aromatic N) is 1. The van der Waals surface area contributed by atoms with Gasteiger partial charge < -0.3 is 15.3 Å². The molecule has 1 aromatic rings. The van der Waals surface area contributed by atoms with Crippen molar-refractivity contribution in [1.29, 1.82) is 0 Å². The summed E-state index contributed by atoms with van der Waals surface area (Å²) < 4.78 is 0. The Kier molecular flexibility index (Phi) is 4.88. The summed E-state index contributed by atoms with van der Waals surface area (Å²) in [5, 5.41) is 13.3. The van der Waals surface area contributed by atoms with Crippen LogP contribution in [-0.4, -0.2) is 36.1 Å². The summed E-state index contributed by atoms with van der Waals surface area (Å²) in [6, 6.07) is 7.10. The number of rotatable bonds is 4. The number of nitrogens with one attached hydrogen (secondary N) is 1. The summed E-state index contributed by atoms with van der Waals surface area (Å²) in [5.41, 5.74) is 0.495. The number of phenolic OH excluding ortho intramolecular Hbond substituents is 1. The highest BCUT2D eigenvalue weighted by Gasteiger charge is 2.40. The summed E-state index contributed by atoms with van der Waals surface area (Å²) in [6.45, 7) is 5.80. The molecule has 21 heavy (non-hydrogen) atoms. The van der Waals surface area contributed by atoms with Crippen LogP contribution in [0.15, 0.2) is 24.3 Å². The van der Waals surface area contributed by atoms with Gasteiger partial charge in [-0.05, 0) is 38.8 Å². The normalized spacial score (nSPS) is 23.6. The second-order valence-electron chi connectivity index (χ2n) is 6.07. The van der Waals surface area contributed by atoms with Gasteiger partial charge in [0.15, 0.2) is 0 Å². The van der Waals surface area contributed by atoms with E-state index in [0.717, 1.165) is 37.9 Å². The lowest BCUT2D eigenvalue weighted by Crippen LogP contribution is -2.51. The third kappa shape index (κ3) is 3.05. The van der Waals surface area contributed by atoms with Crippen molar-refractivity contribution in [1.82, 2.24) is 10.2 Å². The minimum atomic E-state index is -0.300. The standard InChI is InChI=1S/C17H26N2O2/c1-4-17(10-7-11-18-12-17)16(21)19(3)13(2)14-8-5-6-9-15(14)20/h5-6,8-9,13,18,20H,4,7,10-12H2,1-3H3. The average molecular weight is 290 g/mol. The van der Waals surface area contributed by atoms with Gasteiger partial charge in [0, 0.05) is 19.2 Å². The van der Waals surface area contributed by atoms with Crippen LogP contribution in [0.3, 0.4) is 0 Å². The molecule has 1 heterocycles. The first kappa shape index (κ1) is 15.8. The number of amides is 1. The number of carbonyl (C=O) groups excluding carboxylic acids is 1. The number of carbonyl (C=O) groups is 1. The first-order valence-corrected chi connectivity index (χ1v) is 7.77. The fourth-order valence-electron chi connectivity index (χ4n) is 3.20. The molecule has 1 aliphatic rings. The Morgan fingerprint density at radius 1 is 1.48 bits per heavy atom. The van der Waals surface area contributed by atoms with Crippen LogP contribution in [0.1, 0.15) is 44.7 Å². The zero-order valence-electron chi connectivity index (χ0n) is 13.2. The first-order chi connectivity index (χ1) is 10.0. The fourth-order valence-corrected chi connectivity index (χ4v) is 3.20. The van der Waals surface area contributed by atoms with Crippen molar-refractivity contribution < 1.29 is 9.90 Å². The van der Waals surface area contributed by atoms with Gasteiger partial charge in [-0.1, -0.05) is 25.1 Å². The van der Waals surface area contributed by atoms with Crippen LogP contribution in [0.5, 0.6) is 5.75 Å². The Balaban J connectivity index is 2.20. The molecule has 2 atom stereocenters. The smallest absolute Gasteiger partial charge is 0.230 e. The minimum Gasteiger partial charge on any atom is -0.508 e. The van der Waals surface area contributed by atoms with E-state index < -0.39 is 0 Å². The SMILES string of the molecule is CCC1(C(=O)N(C)C(C)c2ccccc2O)CCCNC1. The maximum absolute atomic E-state index is 13.0. The van der Waals surface area contributed by atoms with E-state index in [-0.39, 0.29) is 23.1 Å². The van der Waals surface area contributed by atoms with E-state index in [1.165, 1.54) is 0 Å². The Morgan fingerprint density at radius 2 is 2.19 bits per heavy atom. The fraction of sp³-hybridized carbons (Fsp3) is 0.588. The Bertz CT molecular complexity index is 495. The molecule has 1 fully saturated rings. The van der Waals surface area contributed by atoms with E-state index in [9.17, 15) is 9.90 Å². The molecular formula is C17H26N2O2. The molecule has 4 nitrogen and oxygen atoms in total. The van der Waals surface area contributed by atoms with Gasteiger partial charge in [-0.25, -0.2) is 0 Å². The molecule has 1 aliphatic heterocycles.